The van der Waals surface area contributed by atoms with Gasteiger partial charge in [0.1, 0.15) is 6.04 Å². The Balaban J connectivity index is 3.03. The minimum Gasteiger partial charge on any atom is -0.345 e. The Hall–Kier alpha value is -1.89. The van der Waals surface area contributed by atoms with E-state index in [1.807, 2.05) is 40.8 Å². The number of piperidine rings is 1. The molecule has 0 aromatic carbocycles. The van der Waals surface area contributed by atoms with Crippen molar-refractivity contribution in [3.05, 3.63) is 11.6 Å². The smallest absolute Gasteiger partial charge is 0.248 e. The number of rotatable bonds is 8. The van der Waals surface area contributed by atoms with Crippen LogP contribution in [0.2, 0.25) is 0 Å². The average Bonchev–Trinajstić information content (AvgIpc) is 2.67. The van der Waals surface area contributed by atoms with E-state index in [1.165, 1.54) is 4.90 Å². The van der Waals surface area contributed by atoms with Gasteiger partial charge in [-0.05, 0) is 45.2 Å². The van der Waals surface area contributed by atoms with Crippen molar-refractivity contribution in [2.45, 2.75) is 72.0 Å². The zero-order valence-corrected chi connectivity index (χ0v) is 20.4. The lowest BCUT2D eigenvalue weighted by Gasteiger charge is -2.36. The van der Waals surface area contributed by atoms with Gasteiger partial charge in [0.15, 0.2) is 0 Å². The standard InChI is InChI=1S/C23H42N4O3/c1-15(2)19(14-17(5)22(29)25(6)7)27(9)23(30)20(16(3)4)24-21(28)18-12-10-11-13-26(18)8/h14-16,18-20H,10-13H2,1-9H3,(H,24,28)/b17-14+/t18?,19-,20?/m1/s1. The second-order valence-corrected chi connectivity index (χ2v) is 9.46. The molecule has 0 radical (unpaired) electrons. The molecule has 0 aliphatic carbocycles. The van der Waals surface area contributed by atoms with Crippen molar-refractivity contribution < 1.29 is 14.4 Å². The largest absolute Gasteiger partial charge is 0.345 e. The molecule has 1 aliphatic rings. The van der Waals surface area contributed by atoms with Gasteiger partial charge in [0.25, 0.3) is 0 Å². The third-order valence-electron chi connectivity index (χ3n) is 5.95. The molecule has 0 saturated carbocycles. The minimum absolute atomic E-state index is 0.0425. The van der Waals surface area contributed by atoms with Gasteiger partial charge in [-0.15, -0.1) is 0 Å². The van der Waals surface area contributed by atoms with Gasteiger partial charge in [-0.2, -0.15) is 0 Å². The van der Waals surface area contributed by atoms with Crippen LogP contribution in [-0.4, -0.2) is 85.3 Å². The van der Waals surface area contributed by atoms with Crippen molar-refractivity contribution in [1.82, 2.24) is 20.0 Å². The average molecular weight is 423 g/mol. The lowest BCUT2D eigenvalue weighted by atomic mass is 9.96. The number of nitrogens with zero attached hydrogens (tertiary/aromatic N) is 3. The molecule has 3 atom stereocenters. The van der Waals surface area contributed by atoms with Crippen LogP contribution in [0.3, 0.4) is 0 Å². The van der Waals surface area contributed by atoms with Crippen molar-refractivity contribution in [2.75, 3.05) is 34.7 Å². The zero-order valence-electron chi connectivity index (χ0n) is 20.4. The Morgan fingerprint density at radius 1 is 1.03 bits per heavy atom. The van der Waals surface area contributed by atoms with E-state index < -0.39 is 6.04 Å². The summed E-state index contributed by atoms with van der Waals surface area (Å²) in [5.41, 5.74) is 0.604. The molecule has 1 saturated heterocycles. The van der Waals surface area contributed by atoms with Crippen molar-refractivity contribution >= 4 is 17.7 Å². The first kappa shape index (κ1) is 26.1. The summed E-state index contributed by atoms with van der Waals surface area (Å²) < 4.78 is 0. The van der Waals surface area contributed by atoms with Crippen LogP contribution in [0.1, 0.15) is 53.9 Å². The third-order valence-corrected chi connectivity index (χ3v) is 5.95. The maximum atomic E-state index is 13.4. The Kier molecular flexibility index (Phi) is 10.0. The molecule has 0 spiro atoms. The molecule has 172 valence electrons. The fourth-order valence-corrected chi connectivity index (χ4v) is 3.97. The Bertz CT molecular complexity index is 642. The van der Waals surface area contributed by atoms with E-state index in [1.54, 1.807) is 33.0 Å². The molecule has 0 aromatic heterocycles. The molecule has 3 amide bonds. The Morgan fingerprint density at radius 2 is 1.63 bits per heavy atom. The van der Waals surface area contributed by atoms with Crippen LogP contribution in [0.4, 0.5) is 0 Å². The maximum absolute atomic E-state index is 13.4. The predicted molar refractivity (Wildman–Crippen MR) is 121 cm³/mol. The van der Waals surface area contributed by atoms with Crippen LogP contribution in [0.15, 0.2) is 11.6 Å². The number of carbonyl (C=O) groups is 3. The molecule has 2 unspecified atom stereocenters. The topological polar surface area (TPSA) is 73.0 Å². The van der Waals surface area contributed by atoms with Gasteiger partial charge in [0, 0.05) is 26.7 Å². The zero-order chi connectivity index (χ0) is 23.2. The first-order valence-electron chi connectivity index (χ1n) is 11.1. The molecule has 1 N–H and O–H groups in total. The van der Waals surface area contributed by atoms with Gasteiger partial charge in [0.2, 0.25) is 17.7 Å². The summed E-state index contributed by atoms with van der Waals surface area (Å²) in [5, 5.41) is 3.02. The van der Waals surface area contributed by atoms with Crippen LogP contribution in [0.5, 0.6) is 0 Å². The predicted octanol–water partition coefficient (Wildman–Crippen LogP) is 2.13. The van der Waals surface area contributed by atoms with Crippen molar-refractivity contribution in [1.29, 1.82) is 0 Å². The van der Waals surface area contributed by atoms with Crippen molar-refractivity contribution in [2.24, 2.45) is 11.8 Å². The highest BCUT2D eigenvalue weighted by molar-refractivity contribution is 5.93. The summed E-state index contributed by atoms with van der Waals surface area (Å²) in [4.78, 5) is 43.9. The van der Waals surface area contributed by atoms with Crippen molar-refractivity contribution in [3.8, 4) is 0 Å². The molecular weight excluding hydrogens is 380 g/mol. The van der Waals surface area contributed by atoms with E-state index in [9.17, 15) is 14.4 Å². The number of hydrogen-bond donors (Lipinski definition) is 1. The summed E-state index contributed by atoms with van der Waals surface area (Å²) in [6.07, 6.45) is 4.81. The summed E-state index contributed by atoms with van der Waals surface area (Å²) in [7, 11) is 7.15. The maximum Gasteiger partial charge on any atom is 0.248 e. The lowest BCUT2D eigenvalue weighted by molar-refractivity contribution is -0.139. The van der Waals surface area contributed by atoms with Gasteiger partial charge < -0.3 is 15.1 Å². The number of likely N-dealkylation sites (tertiary alicyclic amines) is 1. The van der Waals surface area contributed by atoms with Crippen LogP contribution in [0.25, 0.3) is 0 Å². The number of nitrogens with one attached hydrogen (secondary N) is 1. The first-order valence-corrected chi connectivity index (χ1v) is 11.1. The molecule has 7 heteroatoms. The van der Waals surface area contributed by atoms with Crippen LogP contribution in [0, 0.1) is 11.8 Å². The molecule has 1 aliphatic heterocycles. The number of likely N-dealkylation sites (N-methyl/N-ethyl adjacent to an activating group) is 3. The van der Waals surface area contributed by atoms with Gasteiger partial charge >= 0.3 is 0 Å². The van der Waals surface area contributed by atoms with Gasteiger partial charge in [0.05, 0.1) is 12.1 Å². The monoisotopic (exact) mass is 422 g/mol. The Morgan fingerprint density at radius 3 is 2.10 bits per heavy atom. The summed E-state index contributed by atoms with van der Waals surface area (Å²) in [6, 6.07) is -1.02. The molecule has 0 bridgehead atoms. The van der Waals surface area contributed by atoms with Crippen LogP contribution in [-0.2, 0) is 14.4 Å². The highest BCUT2D eigenvalue weighted by Gasteiger charge is 2.34. The van der Waals surface area contributed by atoms with Crippen molar-refractivity contribution in [3.63, 3.8) is 0 Å². The van der Waals surface area contributed by atoms with E-state index >= 15 is 0 Å². The minimum atomic E-state index is -0.600. The quantitative estimate of drug-likeness (QED) is 0.608. The summed E-state index contributed by atoms with van der Waals surface area (Å²) >= 11 is 0. The fourth-order valence-electron chi connectivity index (χ4n) is 3.97. The molecule has 30 heavy (non-hydrogen) atoms. The van der Waals surface area contributed by atoms with E-state index in [0.29, 0.717) is 5.57 Å². The summed E-state index contributed by atoms with van der Waals surface area (Å²) in [6.45, 7) is 10.6. The summed E-state index contributed by atoms with van der Waals surface area (Å²) in [5.74, 6) is -0.198. The first-order chi connectivity index (χ1) is 13.9. The van der Waals surface area contributed by atoms with E-state index in [-0.39, 0.29) is 41.6 Å². The SMILES string of the molecule is C/C(=C\[C@H](C(C)C)N(C)C(=O)C(NC(=O)C1CCCCN1C)C(C)C)C(=O)N(C)C. The second kappa shape index (κ2) is 11.5. The van der Waals surface area contributed by atoms with Gasteiger partial charge in [-0.3, -0.25) is 19.3 Å². The molecule has 7 nitrogen and oxygen atoms in total. The van der Waals surface area contributed by atoms with Crippen LogP contribution >= 0.6 is 0 Å². The van der Waals surface area contributed by atoms with Crippen LogP contribution < -0.4 is 5.32 Å². The highest BCUT2D eigenvalue weighted by Crippen LogP contribution is 2.19. The van der Waals surface area contributed by atoms with E-state index in [2.05, 4.69) is 10.2 Å². The molecule has 1 rings (SSSR count). The van der Waals surface area contributed by atoms with Gasteiger partial charge in [-0.25, -0.2) is 0 Å². The van der Waals surface area contributed by atoms with E-state index in [0.717, 1.165) is 25.8 Å². The molecule has 1 fully saturated rings. The normalized spacial score (nSPS) is 20.1. The molecule has 1 heterocycles. The second-order valence-electron chi connectivity index (χ2n) is 9.46. The van der Waals surface area contributed by atoms with Gasteiger partial charge in [-0.1, -0.05) is 40.2 Å². The highest BCUT2D eigenvalue weighted by atomic mass is 16.2. The Labute approximate surface area is 182 Å². The molecular formula is C23H42N4O3. The number of carbonyl (C=O) groups excluding carboxylic acids is 3. The fraction of sp³-hybridized carbons (Fsp3) is 0.783. The number of amides is 3. The molecule has 0 aromatic rings. The van der Waals surface area contributed by atoms with E-state index in [4.69, 9.17) is 0 Å². The number of hydrogen-bond acceptors (Lipinski definition) is 4. The lowest BCUT2D eigenvalue weighted by Crippen LogP contribution is -2.57. The third kappa shape index (κ3) is 6.83.